The zero-order valence-corrected chi connectivity index (χ0v) is 14.1. The van der Waals surface area contributed by atoms with Crippen LogP contribution in [-0.4, -0.2) is 40.3 Å². The smallest absolute Gasteiger partial charge is 0.203 e. The summed E-state index contributed by atoms with van der Waals surface area (Å²) < 4.78 is 24.4. The topological polar surface area (TPSA) is 74.6 Å². The molecule has 0 aromatic carbocycles. The van der Waals surface area contributed by atoms with E-state index in [0.29, 0.717) is 12.8 Å². The number of aliphatic hydroxyl groups excluding tert-OH is 2. The van der Waals surface area contributed by atoms with Gasteiger partial charge in [-0.25, -0.2) is 8.42 Å². The van der Waals surface area contributed by atoms with Gasteiger partial charge in [0, 0.05) is 22.6 Å². The van der Waals surface area contributed by atoms with E-state index in [-0.39, 0.29) is 0 Å². The first-order valence-corrected chi connectivity index (χ1v) is 8.96. The molecule has 0 aromatic heterocycles. The van der Waals surface area contributed by atoms with Gasteiger partial charge in [0.2, 0.25) is 9.84 Å². The summed E-state index contributed by atoms with van der Waals surface area (Å²) in [5.41, 5.74) is -3.35. The highest BCUT2D eigenvalue weighted by Gasteiger charge is 2.42. The Morgan fingerprint density at radius 1 is 0.895 bits per heavy atom. The molecule has 0 bridgehead atoms. The Kier molecular flexibility index (Phi) is 8.22. The van der Waals surface area contributed by atoms with Gasteiger partial charge in [-0.05, 0) is 26.7 Å². The molecule has 7 heteroatoms. The summed E-state index contributed by atoms with van der Waals surface area (Å²) in [6, 6.07) is 0. The van der Waals surface area contributed by atoms with Crippen LogP contribution >= 0.6 is 23.2 Å². The van der Waals surface area contributed by atoms with E-state index in [0.717, 1.165) is 0 Å². The average Bonchev–Trinajstić information content (AvgIpc) is 2.29. The minimum absolute atomic E-state index is 0.408. The summed E-state index contributed by atoms with van der Waals surface area (Å²) in [4.78, 5) is 0. The molecule has 0 aliphatic carbocycles. The third-order valence-corrected chi connectivity index (χ3v) is 6.22. The molecule has 19 heavy (non-hydrogen) atoms. The van der Waals surface area contributed by atoms with Gasteiger partial charge < -0.3 is 10.2 Å². The van der Waals surface area contributed by atoms with Crippen molar-refractivity contribution in [1.82, 2.24) is 0 Å². The lowest BCUT2D eigenvalue weighted by molar-refractivity contribution is 0.139. The van der Waals surface area contributed by atoms with Gasteiger partial charge in [0.25, 0.3) is 0 Å². The quantitative estimate of drug-likeness (QED) is 0.668. The maximum absolute atomic E-state index is 12.2. The van der Waals surface area contributed by atoms with Crippen molar-refractivity contribution in [3.63, 3.8) is 0 Å². The van der Waals surface area contributed by atoms with Gasteiger partial charge in [-0.15, -0.1) is 23.2 Å². The first kappa shape index (κ1) is 19.4. The standard InChI is InChI=1S/C12H24Cl2O4S/c1-5-9(7(3)13)11(15)19(17,18)12(16)10(6-2)8(4)14/h7-12,15-16H,5-6H2,1-4H3. The molecule has 6 unspecified atom stereocenters. The predicted molar refractivity (Wildman–Crippen MR) is 79.1 cm³/mol. The van der Waals surface area contributed by atoms with Crippen LogP contribution in [0, 0.1) is 11.8 Å². The van der Waals surface area contributed by atoms with Crippen LogP contribution in [0.25, 0.3) is 0 Å². The van der Waals surface area contributed by atoms with E-state index in [2.05, 4.69) is 0 Å². The molecule has 0 saturated heterocycles. The van der Waals surface area contributed by atoms with Crippen LogP contribution in [0.1, 0.15) is 40.5 Å². The van der Waals surface area contributed by atoms with Gasteiger partial charge in [-0.2, -0.15) is 0 Å². The Hall–Kier alpha value is 0.450. The van der Waals surface area contributed by atoms with Crippen molar-refractivity contribution in [2.75, 3.05) is 0 Å². The fourth-order valence-corrected chi connectivity index (χ4v) is 5.06. The van der Waals surface area contributed by atoms with Crippen LogP contribution in [-0.2, 0) is 9.84 Å². The largest absolute Gasteiger partial charge is 0.377 e. The van der Waals surface area contributed by atoms with Crippen LogP contribution in [0.15, 0.2) is 0 Å². The molecule has 4 nitrogen and oxygen atoms in total. The lowest BCUT2D eigenvalue weighted by atomic mass is 10.0. The molecule has 0 heterocycles. The van der Waals surface area contributed by atoms with Gasteiger partial charge in [0.15, 0.2) is 10.9 Å². The summed E-state index contributed by atoms with van der Waals surface area (Å²) in [5, 5.41) is 19.0. The van der Waals surface area contributed by atoms with Crippen LogP contribution in [0.2, 0.25) is 0 Å². The van der Waals surface area contributed by atoms with Crippen molar-refractivity contribution in [3.05, 3.63) is 0 Å². The lowest BCUT2D eigenvalue weighted by Gasteiger charge is -2.30. The van der Waals surface area contributed by atoms with E-state index in [1.54, 1.807) is 27.7 Å². The number of hydrogen-bond donors (Lipinski definition) is 2. The summed E-state index contributed by atoms with van der Waals surface area (Å²) >= 11 is 11.8. The van der Waals surface area contributed by atoms with E-state index in [9.17, 15) is 18.6 Å². The van der Waals surface area contributed by atoms with Gasteiger partial charge in [0.1, 0.15) is 0 Å². The Bertz CT molecular complexity index is 329. The molecule has 6 atom stereocenters. The summed E-state index contributed by atoms with van der Waals surface area (Å²) in [6.07, 6.45) is 0.815. The van der Waals surface area contributed by atoms with Crippen molar-refractivity contribution in [2.45, 2.75) is 62.2 Å². The number of rotatable bonds is 8. The molecule has 0 spiro atoms. The molecular weight excluding hydrogens is 311 g/mol. The van der Waals surface area contributed by atoms with Crippen molar-refractivity contribution in [1.29, 1.82) is 0 Å². The second-order valence-corrected chi connectivity index (χ2v) is 8.39. The van der Waals surface area contributed by atoms with Gasteiger partial charge in [0.05, 0.1) is 0 Å². The number of alkyl halides is 2. The molecule has 2 N–H and O–H groups in total. The Balaban J connectivity index is 5.25. The second kappa shape index (κ2) is 8.03. The number of hydrogen-bond acceptors (Lipinski definition) is 4. The SMILES string of the molecule is CCC(C(C)Cl)C(O)S(=O)(=O)C(O)C(CC)C(C)Cl. The Morgan fingerprint density at radius 2 is 1.16 bits per heavy atom. The minimum Gasteiger partial charge on any atom is -0.377 e. The Labute approximate surface area is 126 Å². The molecule has 0 rings (SSSR count). The van der Waals surface area contributed by atoms with E-state index in [4.69, 9.17) is 23.2 Å². The summed E-state index contributed by atoms with van der Waals surface area (Å²) in [7, 11) is -4.11. The molecule has 0 aliphatic rings. The zero-order valence-electron chi connectivity index (χ0n) is 11.8. The second-order valence-electron chi connectivity index (χ2n) is 4.87. The normalized spacial score (nSPS) is 22.3. The third kappa shape index (κ3) is 4.74. The molecule has 0 radical (unpaired) electrons. The summed E-state index contributed by atoms with van der Waals surface area (Å²) in [5.74, 6) is -1.24. The highest BCUT2D eigenvalue weighted by molar-refractivity contribution is 7.92. The van der Waals surface area contributed by atoms with Crippen LogP contribution in [0.3, 0.4) is 0 Å². The van der Waals surface area contributed by atoms with Gasteiger partial charge >= 0.3 is 0 Å². The molecular formula is C12H24Cl2O4S. The van der Waals surface area contributed by atoms with Crippen molar-refractivity contribution >= 4 is 33.0 Å². The predicted octanol–water partition coefficient (Wildman–Crippen LogP) is 2.35. The van der Waals surface area contributed by atoms with E-state index in [1.165, 1.54) is 0 Å². The maximum atomic E-state index is 12.2. The maximum Gasteiger partial charge on any atom is 0.203 e. The number of sulfone groups is 1. The molecule has 0 fully saturated rings. The van der Waals surface area contributed by atoms with Crippen LogP contribution in [0.4, 0.5) is 0 Å². The van der Waals surface area contributed by atoms with Gasteiger partial charge in [-0.1, -0.05) is 13.8 Å². The number of aliphatic hydroxyl groups is 2. The highest BCUT2D eigenvalue weighted by Crippen LogP contribution is 2.29. The molecule has 0 saturated carbocycles. The molecule has 116 valence electrons. The fraction of sp³-hybridized carbons (Fsp3) is 1.00. The first-order valence-electron chi connectivity index (χ1n) is 6.48. The van der Waals surface area contributed by atoms with Crippen LogP contribution in [0.5, 0.6) is 0 Å². The molecule has 0 aromatic rings. The summed E-state index contributed by atoms with van der Waals surface area (Å²) in [6.45, 7) is 6.75. The third-order valence-electron chi connectivity index (χ3n) is 3.53. The van der Waals surface area contributed by atoms with Gasteiger partial charge in [-0.3, -0.25) is 0 Å². The van der Waals surface area contributed by atoms with E-state index in [1.807, 2.05) is 0 Å². The minimum atomic E-state index is -4.11. The van der Waals surface area contributed by atoms with Crippen molar-refractivity contribution in [3.8, 4) is 0 Å². The van der Waals surface area contributed by atoms with Crippen molar-refractivity contribution < 1.29 is 18.6 Å². The molecule has 0 amide bonds. The average molecular weight is 335 g/mol. The monoisotopic (exact) mass is 334 g/mol. The zero-order chi connectivity index (χ0) is 15.4. The fourth-order valence-electron chi connectivity index (χ4n) is 2.14. The first-order chi connectivity index (χ1) is 8.61. The Morgan fingerprint density at radius 3 is 1.32 bits per heavy atom. The lowest BCUT2D eigenvalue weighted by Crippen LogP contribution is -2.44. The van der Waals surface area contributed by atoms with E-state index < -0.39 is 43.3 Å². The number of halogens is 2. The van der Waals surface area contributed by atoms with Crippen molar-refractivity contribution in [2.24, 2.45) is 11.8 Å². The highest BCUT2D eigenvalue weighted by atomic mass is 35.5. The van der Waals surface area contributed by atoms with Crippen LogP contribution < -0.4 is 0 Å². The van der Waals surface area contributed by atoms with E-state index >= 15 is 0 Å². The molecule has 0 aliphatic heterocycles.